The average Bonchev–Trinajstić information content (AvgIpc) is 2.67. The lowest BCUT2D eigenvalue weighted by molar-refractivity contribution is -0.118. The highest BCUT2D eigenvalue weighted by Gasteiger charge is 2.22. The summed E-state index contributed by atoms with van der Waals surface area (Å²) in [6, 6.07) is 8.94. The van der Waals surface area contributed by atoms with Crippen LogP contribution in [-0.4, -0.2) is 25.4 Å². The Morgan fingerprint density at radius 1 is 1.00 bits per heavy atom. The highest BCUT2D eigenvalue weighted by Crippen LogP contribution is 2.29. The number of aryl methyl sites for hydroxylation is 2. The molecule has 0 spiro atoms. The fraction of sp³-hybridized carbons (Fsp3) is 0.333. The minimum absolute atomic E-state index is 0.0193. The van der Waals surface area contributed by atoms with Crippen molar-refractivity contribution < 1.29 is 23.1 Å². The van der Waals surface area contributed by atoms with Gasteiger partial charge in [0.1, 0.15) is 0 Å². The van der Waals surface area contributed by atoms with Crippen LogP contribution >= 0.6 is 0 Å². The minimum atomic E-state index is -3.98. The van der Waals surface area contributed by atoms with Gasteiger partial charge in [0.05, 0.1) is 16.1 Å². The second-order valence-electron chi connectivity index (χ2n) is 7.45. The number of sulfonamides is 1. The van der Waals surface area contributed by atoms with Crippen LogP contribution in [0.5, 0.6) is 0 Å². The number of aromatic carboxylic acids is 1. The first-order chi connectivity index (χ1) is 13.7. The Kier molecular flexibility index (Phi) is 5.93. The van der Waals surface area contributed by atoms with E-state index in [1.165, 1.54) is 24.3 Å². The number of carbonyl (C=O) groups is 2. The number of anilines is 2. The number of benzene rings is 2. The highest BCUT2D eigenvalue weighted by atomic mass is 32.2. The van der Waals surface area contributed by atoms with E-state index in [4.69, 9.17) is 0 Å². The monoisotopic (exact) mass is 416 g/mol. The quantitative estimate of drug-likeness (QED) is 0.665. The minimum Gasteiger partial charge on any atom is -0.478 e. The highest BCUT2D eigenvalue weighted by molar-refractivity contribution is 7.92. The molecule has 2 aromatic rings. The zero-order valence-electron chi connectivity index (χ0n) is 16.4. The molecule has 3 rings (SSSR count). The molecule has 0 atom stereocenters. The molecule has 0 fully saturated rings. The molecule has 1 aliphatic rings. The zero-order chi connectivity index (χ0) is 21.2. The van der Waals surface area contributed by atoms with E-state index in [1.54, 1.807) is 26.0 Å². The Labute approximate surface area is 170 Å². The van der Waals surface area contributed by atoms with Crippen molar-refractivity contribution in [1.29, 1.82) is 0 Å². The van der Waals surface area contributed by atoms with Crippen molar-refractivity contribution in [2.75, 3.05) is 10.0 Å². The Bertz CT molecular complexity index is 1040. The van der Waals surface area contributed by atoms with Crippen LogP contribution in [0.25, 0.3) is 0 Å². The third-order valence-electron chi connectivity index (χ3n) is 4.91. The van der Waals surface area contributed by atoms with Gasteiger partial charge in [-0.15, -0.1) is 0 Å². The van der Waals surface area contributed by atoms with Gasteiger partial charge in [-0.25, -0.2) is 13.2 Å². The molecule has 0 aliphatic heterocycles. The normalized spacial score (nSPS) is 13.6. The van der Waals surface area contributed by atoms with Gasteiger partial charge in [-0.2, -0.15) is 0 Å². The lowest BCUT2D eigenvalue weighted by Gasteiger charge is -2.19. The van der Waals surface area contributed by atoms with E-state index in [0.29, 0.717) is 5.69 Å². The SMILES string of the molecule is CC(C)C(=O)Nc1ccc(S(=O)(=O)Nc2cc3c(cc2C(=O)O)CCCC3)cc1. The maximum Gasteiger partial charge on any atom is 0.337 e. The molecule has 0 aromatic heterocycles. The molecule has 0 saturated heterocycles. The van der Waals surface area contributed by atoms with Crippen molar-refractivity contribution in [3.05, 3.63) is 53.1 Å². The molecule has 1 amide bonds. The fourth-order valence-corrected chi connectivity index (χ4v) is 4.33. The molecule has 0 bridgehead atoms. The van der Waals surface area contributed by atoms with Gasteiger partial charge in [0.2, 0.25) is 5.91 Å². The number of carbonyl (C=O) groups excluding carboxylic acids is 1. The van der Waals surface area contributed by atoms with Crippen LogP contribution in [-0.2, 0) is 27.7 Å². The van der Waals surface area contributed by atoms with Gasteiger partial charge in [-0.1, -0.05) is 13.8 Å². The molecule has 8 heteroatoms. The summed E-state index contributed by atoms with van der Waals surface area (Å²) in [4.78, 5) is 23.4. The number of carboxylic acid groups (broad SMARTS) is 1. The molecule has 7 nitrogen and oxygen atoms in total. The summed E-state index contributed by atoms with van der Waals surface area (Å²) in [7, 11) is -3.98. The Balaban J connectivity index is 1.87. The number of fused-ring (bicyclic) bond motifs is 1. The van der Waals surface area contributed by atoms with Crippen molar-refractivity contribution in [3.8, 4) is 0 Å². The maximum absolute atomic E-state index is 12.8. The van der Waals surface area contributed by atoms with E-state index in [9.17, 15) is 23.1 Å². The van der Waals surface area contributed by atoms with Gasteiger partial charge in [0, 0.05) is 11.6 Å². The lowest BCUT2D eigenvalue weighted by Crippen LogP contribution is -2.18. The third kappa shape index (κ3) is 4.76. The summed E-state index contributed by atoms with van der Waals surface area (Å²) in [5.41, 5.74) is 2.43. The number of hydrogen-bond acceptors (Lipinski definition) is 4. The first-order valence-corrected chi connectivity index (χ1v) is 11.0. The van der Waals surface area contributed by atoms with Crippen molar-refractivity contribution in [2.24, 2.45) is 5.92 Å². The standard InChI is InChI=1S/C21H24N2O5S/c1-13(2)20(24)22-16-7-9-17(10-8-16)29(27,28)23-19-12-15-6-4-3-5-14(15)11-18(19)21(25)26/h7-13,23H,3-6H2,1-2H3,(H,22,24)(H,25,26). The largest absolute Gasteiger partial charge is 0.478 e. The summed E-state index contributed by atoms with van der Waals surface area (Å²) < 4.78 is 28.0. The summed E-state index contributed by atoms with van der Waals surface area (Å²) >= 11 is 0. The second-order valence-corrected chi connectivity index (χ2v) is 9.13. The van der Waals surface area contributed by atoms with Crippen molar-refractivity contribution >= 4 is 33.3 Å². The first kappa shape index (κ1) is 20.9. The van der Waals surface area contributed by atoms with Gasteiger partial charge in [0.15, 0.2) is 0 Å². The van der Waals surface area contributed by atoms with E-state index in [0.717, 1.165) is 36.8 Å². The van der Waals surface area contributed by atoms with Crippen molar-refractivity contribution in [1.82, 2.24) is 0 Å². The summed E-state index contributed by atoms with van der Waals surface area (Å²) in [6.45, 7) is 3.52. The predicted molar refractivity (Wildman–Crippen MR) is 111 cm³/mol. The van der Waals surface area contributed by atoms with E-state index < -0.39 is 16.0 Å². The van der Waals surface area contributed by atoms with Crippen LogP contribution in [0.4, 0.5) is 11.4 Å². The molecular formula is C21H24N2O5S. The topological polar surface area (TPSA) is 113 Å². The van der Waals surface area contributed by atoms with Gasteiger partial charge < -0.3 is 10.4 Å². The van der Waals surface area contributed by atoms with Gasteiger partial charge in [0.25, 0.3) is 10.0 Å². The van der Waals surface area contributed by atoms with Crippen LogP contribution in [0, 0.1) is 5.92 Å². The van der Waals surface area contributed by atoms with Crippen molar-refractivity contribution in [3.63, 3.8) is 0 Å². The molecule has 0 radical (unpaired) electrons. The number of hydrogen-bond donors (Lipinski definition) is 3. The lowest BCUT2D eigenvalue weighted by atomic mass is 9.89. The van der Waals surface area contributed by atoms with Crippen molar-refractivity contribution in [2.45, 2.75) is 44.4 Å². The first-order valence-electron chi connectivity index (χ1n) is 9.50. The number of nitrogens with one attached hydrogen (secondary N) is 2. The molecule has 0 unspecified atom stereocenters. The zero-order valence-corrected chi connectivity index (χ0v) is 17.2. The molecule has 2 aromatic carbocycles. The second kappa shape index (κ2) is 8.24. The van der Waals surface area contributed by atoms with E-state index >= 15 is 0 Å². The Hall–Kier alpha value is -2.87. The van der Waals surface area contributed by atoms with Gasteiger partial charge >= 0.3 is 5.97 Å². The molecule has 0 heterocycles. The van der Waals surface area contributed by atoms with Crippen LogP contribution in [0.2, 0.25) is 0 Å². The third-order valence-corrected chi connectivity index (χ3v) is 6.29. The van der Waals surface area contributed by atoms with Crippen LogP contribution in [0.1, 0.15) is 48.2 Å². The number of rotatable bonds is 6. The van der Waals surface area contributed by atoms with E-state index in [1.807, 2.05) is 0 Å². The summed E-state index contributed by atoms with van der Waals surface area (Å²) in [5, 5.41) is 12.2. The average molecular weight is 416 g/mol. The smallest absolute Gasteiger partial charge is 0.337 e. The summed E-state index contributed by atoms with van der Waals surface area (Å²) in [5.74, 6) is -1.54. The molecule has 29 heavy (non-hydrogen) atoms. The molecule has 3 N–H and O–H groups in total. The number of amides is 1. The summed E-state index contributed by atoms with van der Waals surface area (Å²) in [6.07, 6.45) is 3.59. The Morgan fingerprint density at radius 2 is 1.59 bits per heavy atom. The van der Waals surface area contributed by atoms with Gasteiger partial charge in [-0.05, 0) is 73.2 Å². The van der Waals surface area contributed by atoms with E-state index in [2.05, 4.69) is 10.0 Å². The molecule has 1 aliphatic carbocycles. The fourth-order valence-electron chi connectivity index (χ4n) is 3.25. The van der Waals surface area contributed by atoms with Gasteiger partial charge in [-0.3, -0.25) is 9.52 Å². The molecule has 154 valence electrons. The number of carboxylic acids is 1. The van der Waals surface area contributed by atoms with Crippen LogP contribution in [0.15, 0.2) is 41.3 Å². The van der Waals surface area contributed by atoms with E-state index in [-0.39, 0.29) is 28.0 Å². The van der Waals surface area contributed by atoms with Crippen LogP contribution in [0.3, 0.4) is 0 Å². The Morgan fingerprint density at radius 3 is 2.14 bits per heavy atom. The molecule has 0 saturated carbocycles. The maximum atomic E-state index is 12.8. The predicted octanol–water partition coefficient (Wildman–Crippen LogP) is 3.66. The van der Waals surface area contributed by atoms with Crippen LogP contribution < -0.4 is 10.0 Å². The molecular weight excluding hydrogens is 392 g/mol.